The Kier molecular flexibility index (Phi) is 3.43. The molecule has 3 rings (SSSR count). The highest BCUT2D eigenvalue weighted by Crippen LogP contribution is 2.20. The summed E-state index contributed by atoms with van der Waals surface area (Å²) in [6.45, 7) is 2.38. The van der Waals surface area contributed by atoms with Crippen molar-refractivity contribution in [2.75, 3.05) is 5.73 Å². The van der Waals surface area contributed by atoms with Crippen LogP contribution in [-0.4, -0.2) is 19.7 Å². The number of nitrogens with two attached hydrogens (primary N) is 1. The van der Waals surface area contributed by atoms with Crippen molar-refractivity contribution >= 4 is 16.9 Å². The van der Waals surface area contributed by atoms with E-state index in [2.05, 4.69) is 28.1 Å². The van der Waals surface area contributed by atoms with Gasteiger partial charge in [-0.05, 0) is 18.1 Å². The van der Waals surface area contributed by atoms with Gasteiger partial charge in [0.2, 0.25) is 0 Å². The van der Waals surface area contributed by atoms with Gasteiger partial charge >= 0.3 is 0 Å². The summed E-state index contributed by atoms with van der Waals surface area (Å²) in [5.74, 6) is 1.83. The maximum absolute atomic E-state index is 5.94. The minimum Gasteiger partial charge on any atom is -0.485 e. The highest BCUT2D eigenvalue weighted by molar-refractivity contribution is 5.84. The molecule has 0 saturated carbocycles. The summed E-state index contributed by atoms with van der Waals surface area (Å²) in [6, 6.07) is 7.95. The molecule has 6 heteroatoms. The van der Waals surface area contributed by atoms with E-state index in [4.69, 9.17) is 10.5 Å². The molecule has 0 bridgehead atoms. The van der Waals surface area contributed by atoms with Gasteiger partial charge in [0.15, 0.2) is 11.5 Å². The molecule has 0 atom stereocenters. The zero-order chi connectivity index (χ0) is 14.8. The van der Waals surface area contributed by atoms with Crippen LogP contribution in [0.3, 0.4) is 0 Å². The topological polar surface area (TPSA) is 78.9 Å². The van der Waals surface area contributed by atoms with E-state index in [0.29, 0.717) is 17.3 Å². The van der Waals surface area contributed by atoms with Gasteiger partial charge < -0.3 is 10.5 Å². The average molecular weight is 283 g/mol. The molecule has 0 aliphatic carbocycles. The van der Waals surface area contributed by atoms with Crippen LogP contribution in [0.15, 0.2) is 30.5 Å². The van der Waals surface area contributed by atoms with Crippen molar-refractivity contribution in [1.82, 2.24) is 19.7 Å². The van der Waals surface area contributed by atoms with Crippen LogP contribution in [0.1, 0.15) is 18.3 Å². The van der Waals surface area contributed by atoms with Gasteiger partial charge in [-0.1, -0.05) is 25.1 Å². The number of ether oxygens (including phenoxy) is 1. The molecule has 2 N–H and O–H groups in total. The molecule has 0 spiro atoms. The third-order valence-electron chi connectivity index (χ3n) is 3.38. The second-order valence-corrected chi connectivity index (χ2v) is 4.78. The van der Waals surface area contributed by atoms with Gasteiger partial charge in [-0.25, -0.2) is 9.97 Å². The number of anilines is 1. The van der Waals surface area contributed by atoms with Crippen molar-refractivity contribution in [3.05, 3.63) is 41.9 Å². The molecule has 6 nitrogen and oxygen atoms in total. The van der Waals surface area contributed by atoms with E-state index in [-0.39, 0.29) is 6.61 Å². The highest BCUT2D eigenvalue weighted by atomic mass is 16.5. The second kappa shape index (κ2) is 5.40. The molecular formula is C15H17N5O. The number of hydrogen-bond acceptors (Lipinski definition) is 5. The standard InChI is InChI=1S/C15H17N5O/c1-3-10-6-4-5-7-12(10)21-9-13-18-14(16)11-8-17-20(2)15(11)19-13/h4-8H,3,9H2,1-2H3,(H2,16,18,19). The summed E-state index contributed by atoms with van der Waals surface area (Å²) < 4.78 is 7.50. The molecule has 1 aromatic carbocycles. The molecule has 0 unspecified atom stereocenters. The van der Waals surface area contributed by atoms with Crippen LogP contribution >= 0.6 is 0 Å². The largest absolute Gasteiger partial charge is 0.485 e. The Morgan fingerprint density at radius 1 is 1.24 bits per heavy atom. The fraction of sp³-hybridized carbons (Fsp3) is 0.267. The van der Waals surface area contributed by atoms with Crippen LogP contribution in [0.2, 0.25) is 0 Å². The monoisotopic (exact) mass is 283 g/mol. The number of rotatable bonds is 4. The predicted molar refractivity (Wildman–Crippen MR) is 80.9 cm³/mol. The number of aryl methyl sites for hydroxylation is 2. The lowest BCUT2D eigenvalue weighted by Crippen LogP contribution is -2.06. The Balaban J connectivity index is 1.86. The molecule has 21 heavy (non-hydrogen) atoms. The molecule has 0 saturated heterocycles. The third-order valence-corrected chi connectivity index (χ3v) is 3.38. The molecule has 0 amide bonds. The molecule has 0 radical (unpaired) electrons. The minimum absolute atomic E-state index is 0.280. The van der Waals surface area contributed by atoms with Crippen molar-refractivity contribution < 1.29 is 4.74 Å². The van der Waals surface area contributed by atoms with Crippen molar-refractivity contribution in [3.8, 4) is 5.75 Å². The van der Waals surface area contributed by atoms with E-state index in [0.717, 1.165) is 23.1 Å². The molecule has 0 fully saturated rings. The molecule has 0 aliphatic heterocycles. The molecule has 2 heterocycles. The van der Waals surface area contributed by atoms with E-state index < -0.39 is 0 Å². The molecule has 2 aromatic heterocycles. The first-order chi connectivity index (χ1) is 10.2. The highest BCUT2D eigenvalue weighted by Gasteiger charge is 2.10. The fourth-order valence-corrected chi connectivity index (χ4v) is 2.23. The summed E-state index contributed by atoms with van der Waals surface area (Å²) in [7, 11) is 1.83. The molecule has 3 aromatic rings. The predicted octanol–water partition coefficient (Wildman–Crippen LogP) is 2.09. The second-order valence-electron chi connectivity index (χ2n) is 4.78. The van der Waals surface area contributed by atoms with Gasteiger partial charge in [0.25, 0.3) is 0 Å². The Bertz CT molecular complexity index is 781. The van der Waals surface area contributed by atoms with Crippen LogP contribution in [0.4, 0.5) is 5.82 Å². The lowest BCUT2D eigenvalue weighted by Gasteiger charge is -2.10. The SMILES string of the molecule is CCc1ccccc1OCc1nc(N)c2cnn(C)c2n1. The van der Waals surface area contributed by atoms with Gasteiger partial charge in [0, 0.05) is 7.05 Å². The summed E-state index contributed by atoms with van der Waals surface area (Å²) in [5.41, 5.74) is 7.81. The van der Waals surface area contributed by atoms with Crippen LogP contribution in [0.25, 0.3) is 11.0 Å². The third kappa shape index (κ3) is 2.52. The number of nitrogen functional groups attached to an aromatic ring is 1. The summed E-state index contributed by atoms with van der Waals surface area (Å²) >= 11 is 0. The van der Waals surface area contributed by atoms with Gasteiger partial charge in [-0.2, -0.15) is 5.10 Å². The lowest BCUT2D eigenvalue weighted by molar-refractivity contribution is 0.293. The fourth-order valence-electron chi connectivity index (χ4n) is 2.23. The van der Waals surface area contributed by atoms with Gasteiger partial charge in [0.05, 0.1) is 11.6 Å². The Labute approximate surface area is 122 Å². The normalized spacial score (nSPS) is 11.0. The Hall–Kier alpha value is -2.63. The number of benzene rings is 1. The smallest absolute Gasteiger partial charge is 0.170 e. The number of para-hydroxylation sites is 1. The van der Waals surface area contributed by atoms with Crippen LogP contribution in [0.5, 0.6) is 5.75 Å². The van der Waals surface area contributed by atoms with Crippen LogP contribution in [0, 0.1) is 0 Å². The van der Waals surface area contributed by atoms with Crippen LogP contribution in [-0.2, 0) is 20.1 Å². The van der Waals surface area contributed by atoms with Crippen LogP contribution < -0.4 is 10.5 Å². The van der Waals surface area contributed by atoms with E-state index >= 15 is 0 Å². The summed E-state index contributed by atoms with van der Waals surface area (Å²) in [6.07, 6.45) is 2.58. The molecule has 108 valence electrons. The number of aromatic nitrogens is 4. The quantitative estimate of drug-likeness (QED) is 0.793. The number of hydrogen-bond donors (Lipinski definition) is 1. The van der Waals surface area contributed by atoms with Gasteiger partial charge in [0.1, 0.15) is 18.2 Å². The van der Waals surface area contributed by atoms with Crippen molar-refractivity contribution in [2.24, 2.45) is 7.05 Å². The molecule has 0 aliphatic rings. The van der Waals surface area contributed by atoms with E-state index in [1.54, 1.807) is 10.9 Å². The first-order valence-corrected chi connectivity index (χ1v) is 6.84. The Morgan fingerprint density at radius 2 is 2.05 bits per heavy atom. The summed E-state index contributed by atoms with van der Waals surface area (Å²) in [4.78, 5) is 8.72. The minimum atomic E-state index is 0.280. The first kappa shape index (κ1) is 13.4. The lowest BCUT2D eigenvalue weighted by atomic mass is 10.1. The van der Waals surface area contributed by atoms with Gasteiger partial charge in [-0.15, -0.1) is 0 Å². The summed E-state index contributed by atoms with van der Waals surface area (Å²) in [5, 5.41) is 4.90. The van der Waals surface area contributed by atoms with E-state index in [1.807, 2.05) is 25.2 Å². The zero-order valence-electron chi connectivity index (χ0n) is 12.1. The average Bonchev–Trinajstić information content (AvgIpc) is 2.87. The molecular weight excluding hydrogens is 266 g/mol. The van der Waals surface area contributed by atoms with E-state index in [1.165, 1.54) is 0 Å². The maximum Gasteiger partial charge on any atom is 0.170 e. The van der Waals surface area contributed by atoms with E-state index in [9.17, 15) is 0 Å². The zero-order valence-corrected chi connectivity index (χ0v) is 12.1. The Morgan fingerprint density at radius 3 is 2.86 bits per heavy atom. The van der Waals surface area contributed by atoms with Gasteiger partial charge in [-0.3, -0.25) is 4.68 Å². The maximum atomic E-state index is 5.94. The number of nitrogens with zero attached hydrogens (tertiary/aromatic N) is 4. The van der Waals surface area contributed by atoms with Crippen molar-refractivity contribution in [1.29, 1.82) is 0 Å². The number of fused-ring (bicyclic) bond motifs is 1. The van der Waals surface area contributed by atoms with Crippen molar-refractivity contribution in [2.45, 2.75) is 20.0 Å². The first-order valence-electron chi connectivity index (χ1n) is 6.84. The van der Waals surface area contributed by atoms with Crippen molar-refractivity contribution in [3.63, 3.8) is 0 Å².